The van der Waals surface area contributed by atoms with Gasteiger partial charge < -0.3 is 25.8 Å². The Morgan fingerprint density at radius 2 is 1.75 bits per heavy atom. The van der Waals surface area contributed by atoms with Crippen LogP contribution in [-0.4, -0.2) is 63.8 Å². The Balaban J connectivity index is 5.24. The van der Waals surface area contributed by atoms with Crippen LogP contribution in [0.1, 0.15) is 13.8 Å². The Kier molecular flexibility index (Phi) is 7.22. The van der Waals surface area contributed by atoms with Gasteiger partial charge in [-0.1, -0.05) is 6.58 Å². The van der Waals surface area contributed by atoms with Crippen LogP contribution in [0.5, 0.6) is 0 Å². The van der Waals surface area contributed by atoms with Crippen molar-refractivity contribution in [2.24, 2.45) is 5.73 Å². The fourth-order valence-electron chi connectivity index (χ4n) is 1.29. The Labute approximate surface area is 115 Å². The first kappa shape index (κ1) is 18.4. The Bertz CT molecular complexity index is 407. The maximum Gasteiger partial charge on any atom is 0.333 e. The highest BCUT2D eigenvalue weighted by atomic mass is 16.6. The summed E-state index contributed by atoms with van der Waals surface area (Å²) >= 11 is 0. The molecule has 20 heavy (non-hydrogen) atoms. The van der Waals surface area contributed by atoms with E-state index in [1.807, 2.05) is 0 Å². The predicted octanol–water partition coefficient (Wildman–Crippen LogP) is -2.33. The number of aliphatic hydroxyl groups excluding tert-OH is 3. The maximum atomic E-state index is 11.5. The van der Waals surface area contributed by atoms with Gasteiger partial charge in [0.2, 0.25) is 5.78 Å². The molecule has 0 rings (SSSR count). The molecular weight excluding hydrogens is 270 g/mol. The zero-order chi connectivity index (χ0) is 16.0. The van der Waals surface area contributed by atoms with Gasteiger partial charge in [0.05, 0.1) is 6.61 Å². The first-order chi connectivity index (χ1) is 9.13. The van der Waals surface area contributed by atoms with Crippen LogP contribution in [0.4, 0.5) is 0 Å². The number of ether oxygens (including phenoxy) is 1. The molecule has 0 amide bonds. The van der Waals surface area contributed by atoms with Crippen molar-refractivity contribution in [2.75, 3.05) is 6.61 Å². The van der Waals surface area contributed by atoms with Crippen molar-refractivity contribution in [1.29, 1.82) is 0 Å². The molecule has 0 unspecified atom stereocenters. The zero-order valence-corrected chi connectivity index (χ0v) is 11.3. The van der Waals surface area contributed by atoms with Gasteiger partial charge in [-0.2, -0.15) is 0 Å². The molecule has 5 N–H and O–H groups in total. The van der Waals surface area contributed by atoms with E-state index in [1.54, 1.807) is 0 Å². The minimum Gasteiger partial charge on any atom is -0.454 e. The third-order valence-electron chi connectivity index (χ3n) is 2.51. The van der Waals surface area contributed by atoms with E-state index in [0.717, 1.165) is 6.92 Å². The van der Waals surface area contributed by atoms with E-state index in [4.69, 9.17) is 15.6 Å². The van der Waals surface area contributed by atoms with Crippen molar-refractivity contribution < 1.29 is 34.4 Å². The van der Waals surface area contributed by atoms with Crippen molar-refractivity contribution in [3.05, 3.63) is 12.2 Å². The molecule has 0 aliphatic rings. The molecule has 0 aromatic carbocycles. The fourth-order valence-corrected chi connectivity index (χ4v) is 1.29. The van der Waals surface area contributed by atoms with Crippen LogP contribution in [0, 0.1) is 0 Å². The first-order valence-corrected chi connectivity index (χ1v) is 5.77. The number of ketones is 2. The number of hydrogen-bond donors (Lipinski definition) is 4. The van der Waals surface area contributed by atoms with Crippen LogP contribution >= 0.6 is 0 Å². The molecule has 0 fully saturated rings. The van der Waals surface area contributed by atoms with Gasteiger partial charge >= 0.3 is 5.97 Å². The Morgan fingerprint density at radius 3 is 2.10 bits per heavy atom. The van der Waals surface area contributed by atoms with Gasteiger partial charge in [0, 0.05) is 12.5 Å². The van der Waals surface area contributed by atoms with E-state index >= 15 is 0 Å². The third kappa shape index (κ3) is 4.82. The van der Waals surface area contributed by atoms with Crippen molar-refractivity contribution in [3.63, 3.8) is 0 Å². The SMILES string of the molecule is C=C(C)C(=O)O[C@@H]([C@@H](O)[C@H](O)CO)[C@@H](N)C(=O)C(C)=O. The number of carbonyl (C=O) groups is 3. The van der Waals surface area contributed by atoms with Gasteiger partial charge in [0.25, 0.3) is 0 Å². The standard InChI is InChI=1S/C12H19NO7/c1-5(2)12(19)20-11(10(18)7(16)4-14)8(13)9(17)6(3)15/h7-8,10-11,14,16,18H,1,4,13H2,2-3H3/t7-,8+,10+,11-/m1/s1. The van der Waals surface area contributed by atoms with Crippen LogP contribution < -0.4 is 5.73 Å². The first-order valence-electron chi connectivity index (χ1n) is 5.77. The molecule has 0 saturated heterocycles. The lowest BCUT2D eigenvalue weighted by Gasteiger charge is -2.29. The molecule has 0 saturated carbocycles. The predicted molar refractivity (Wildman–Crippen MR) is 67.5 cm³/mol. The van der Waals surface area contributed by atoms with E-state index in [-0.39, 0.29) is 5.57 Å². The van der Waals surface area contributed by atoms with Gasteiger partial charge in [-0.05, 0) is 6.92 Å². The molecule has 0 heterocycles. The smallest absolute Gasteiger partial charge is 0.333 e. The molecule has 0 aromatic heterocycles. The normalized spacial score (nSPS) is 16.7. The number of nitrogens with two attached hydrogens (primary N) is 1. The van der Waals surface area contributed by atoms with Crippen LogP contribution in [0.25, 0.3) is 0 Å². The maximum absolute atomic E-state index is 11.5. The lowest BCUT2D eigenvalue weighted by Crippen LogP contribution is -2.56. The van der Waals surface area contributed by atoms with Crippen molar-refractivity contribution in [2.45, 2.75) is 38.2 Å². The molecule has 114 valence electrons. The number of hydrogen-bond acceptors (Lipinski definition) is 8. The van der Waals surface area contributed by atoms with Crippen LogP contribution in [0.2, 0.25) is 0 Å². The molecule has 0 spiro atoms. The highest BCUT2D eigenvalue weighted by Gasteiger charge is 2.38. The fraction of sp³-hybridized carbons (Fsp3) is 0.583. The summed E-state index contributed by atoms with van der Waals surface area (Å²) < 4.78 is 4.77. The van der Waals surface area contributed by atoms with Crippen molar-refractivity contribution in [3.8, 4) is 0 Å². The lowest BCUT2D eigenvalue weighted by atomic mass is 9.97. The molecule has 8 nitrogen and oxygen atoms in total. The highest BCUT2D eigenvalue weighted by Crippen LogP contribution is 2.12. The number of esters is 1. The highest BCUT2D eigenvalue weighted by molar-refractivity contribution is 6.38. The van der Waals surface area contributed by atoms with E-state index in [1.165, 1.54) is 6.92 Å². The van der Waals surface area contributed by atoms with Gasteiger partial charge in [-0.25, -0.2) is 4.79 Å². The molecule has 0 bridgehead atoms. The average molecular weight is 289 g/mol. The summed E-state index contributed by atoms with van der Waals surface area (Å²) in [5, 5.41) is 27.9. The van der Waals surface area contributed by atoms with E-state index in [2.05, 4.69) is 6.58 Å². The van der Waals surface area contributed by atoms with Gasteiger partial charge in [-0.15, -0.1) is 0 Å². The molecule has 0 aliphatic carbocycles. The van der Waals surface area contributed by atoms with E-state index in [9.17, 15) is 24.6 Å². The molecule has 4 atom stereocenters. The molecule has 8 heteroatoms. The summed E-state index contributed by atoms with van der Waals surface area (Å²) in [6.07, 6.45) is -5.21. The second-order valence-corrected chi connectivity index (χ2v) is 4.34. The van der Waals surface area contributed by atoms with Gasteiger partial charge in [0.1, 0.15) is 18.2 Å². The number of carbonyl (C=O) groups excluding carboxylic acids is 3. The monoisotopic (exact) mass is 289 g/mol. The number of aliphatic hydroxyl groups is 3. The summed E-state index contributed by atoms with van der Waals surface area (Å²) in [5.74, 6) is -2.92. The minimum absolute atomic E-state index is 0.0248. The van der Waals surface area contributed by atoms with Crippen LogP contribution in [0.15, 0.2) is 12.2 Å². The summed E-state index contributed by atoms with van der Waals surface area (Å²) in [5.41, 5.74) is 5.45. The summed E-state index contributed by atoms with van der Waals surface area (Å²) in [7, 11) is 0. The second kappa shape index (κ2) is 7.85. The minimum atomic E-state index is -1.83. The van der Waals surface area contributed by atoms with E-state index < -0.39 is 48.5 Å². The molecule has 0 aliphatic heterocycles. The quantitative estimate of drug-likeness (QED) is 0.221. The Hall–Kier alpha value is -1.61. The summed E-state index contributed by atoms with van der Waals surface area (Å²) in [4.78, 5) is 33.9. The van der Waals surface area contributed by atoms with Crippen molar-refractivity contribution in [1.82, 2.24) is 0 Å². The molecule has 0 radical (unpaired) electrons. The summed E-state index contributed by atoms with van der Waals surface area (Å²) in [6, 6.07) is -1.66. The van der Waals surface area contributed by atoms with Crippen molar-refractivity contribution >= 4 is 17.5 Å². The second-order valence-electron chi connectivity index (χ2n) is 4.34. The van der Waals surface area contributed by atoms with Crippen LogP contribution in [0.3, 0.4) is 0 Å². The van der Waals surface area contributed by atoms with E-state index in [0.29, 0.717) is 0 Å². The Morgan fingerprint density at radius 1 is 1.25 bits per heavy atom. The van der Waals surface area contributed by atoms with Gasteiger partial charge in [0.15, 0.2) is 11.9 Å². The zero-order valence-electron chi connectivity index (χ0n) is 11.3. The largest absolute Gasteiger partial charge is 0.454 e. The number of Topliss-reactive ketones (excluding diaryl/α,β-unsaturated/α-hetero) is 2. The van der Waals surface area contributed by atoms with Gasteiger partial charge in [-0.3, -0.25) is 9.59 Å². The number of rotatable bonds is 8. The van der Waals surface area contributed by atoms with Crippen LogP contribution in [-0.2, 0) is 19.1 Å². The molecular formula is C12H19NO7. The summed E-state index contributed by atoms with van der Waals surface area (Å²) in [6.45, 7) is 4.76. The molecule has 0 aromatic rings. The average Bonchev–Trinajstić information content (AvgIpc) is 2.40. The topological polar surface area (TPSA) is 147 Å². The third-order valence-corrected chi connectivity index (χ3v) is 2.51. The lowest BCUT2D eigenvalue weighted by molar-refractivity contribution is -0.162.